The van der Waals surface area contributed by atoms with E-state index in [2.05, 4.69) is 34.5 Å². The lowest BCUT2D eigenvalue weighted by Crippen LogP contribution is -2.51. The summed E-state index contributed by atoms with van der Waals surface area (Å²) in [5.74, 6) is -0.260. The predicted molar refractivity (Wildman–Crippen MR) is 115 cm³/mol. The molecule has 0 unspecified atom stereocenters. The maximum atomic E-state index is 13.1. The van der Waals surface area contributed by atoms with Crippen LogP contribution in [0.3, 0.4) is 0 Å². The Morgan fingerprint density at radius 1 is 1.24 bits per heavy atom. The fourth-order valence-electron chi connectivity index (χ4n) is 4.46. The van der Waals surface area contributed by atoms with Crippen molar-refractivity contribution >= 4 is 27.3 Å². The number of benzene rings is 1. The molecule has 1 aliphatic carbocycles. The lowest BCUT2D eigenvalue weighted by Gasteiger charge is -2.39. The summed E-state index contributed by atoms with van der Waals surface area (Å²) in [6, 6.07) is 10.5. The van der Waals surface area contributed by atoms with E-state index in [1.807, 2.05) is 0 Å². The van der Waals surface area contributed by atoms with E-state index < -0.39 is 10.0 Å². The first kappa shape index (κ1) is 20.5. The molecule has 2 aromatic rings. The highest BCUT2D eigenvalue weighted by Gasteiger charge is 2.35. The van der Waals surface area contributed by atoms with Crippen LogP contribution in [-0.4, -0.2) is 62.8 Å². The van der Waals surface area contributed by atoms with Gasteiger partial charge in [-0.2, -0.15) is 4.31 Å². The minimum Gasteiger partial charge on any atom is -0.354 e. The molecule has 1 fully saturated rings. The molecule has 1 amide bonds. The van der Waals surface area contributed by atoms with Gasteiger partial charge in [0.15, 0.2) is 0 Å². The Morgan fingerprint density at radius 2 is 1.93 bits per heavy atom. The largest absolute Gasteiger partial charge is 0.354 e. The quantitative estimate of drug-likeness (QED) is 0.786. The molecule has 0 bridgehead atoms. The molecule has 1 aromatic heterocycles. The molecule has 29 heavy (non-hydrogen) atoms. The first-order valence-electron chi connectivity index (χ1n) is 9.99. The molecule has 0 radical (unpaired) electrons. The Morgan fingerprint density at radius 3 is 2.59 bits per heavy atom. The topological polar surface area (TPSA) is 69.7 Å². The number of nitrogens with zero attached hydrogens (tertiary/aromatic N) is 2. The van der Waals surface area contributed by atoms with E-state index in [1.165, 1.54) is 21.5 Å². The Hall–Kier alpha value is -1.74. The summed E-state index contributed by atoms with van der Waals surface area (Å²) in [7, 11) is -0.410. The van der Waals surface area contributed by atoms with Crippen LogP contribution in [-0.2, 0) is 22.9 Å². The minimum absolute atomic E-state index is 0.0548. The molecule has 2 aliphatic rings. The summed E-state index contributed by atoms with van der Waals surface area (Å²) in [6.07, 6.45) is 3.93. The van der Waals surface area contributed by atoms with Gasteiger partial charge in [0.25, 0.3) is 5.91 Å². The van der Waals surface area contributed by atoms with Crippen molar-refractivity contribution in [3.05, 3.63) is 51.7 Å². The van der Waals surface area contributed by atoms with Crippen LogP contribution in [0, 0.1) is 0 Å². The monoisotopic (exact) mass is 433 g/mol. The van der Waals surface area contributed by atoms with Gasteiger partial charge in [-0.25, -0.2) is 8.42 Å². The first-order chi connectivity index (χ1) is 13.9. The van der Waals surface area contributed by atoms with Crippen molar-refractivity contribution in [2.75, 3.05) is 27.2 Å². The van der Waals surface area contributed by atoms with Crippen LogP contribution >= 0.6 is 11.3 Å². The molecular weight excluding hydrogens is 406 g/mol. The first-order valence-corrected chi connectivity index (χ1v) is 12.3. The van der Waals surface area contributed by atoms with Gasteiger partial charge < -0.3 is 5.32 Å². The molecule has 156 valence electrons. The van der Waals surface area contributed by atoms with E-state index >= 15 is 0 Å². The second-order valence-electron chi connectivity index (χ2n) is 7.87. The normalized spacial score (nSPS) is 20.7. The van der Waals surface area contributed by atoms with Crippen molar-refractivity contribution in [1.82, 2.24) is 14.5 Å². The zero-order chi connectivity index (χ0) is 20.6. The van der Waals surface area contributed by atoms with Crippen LogP contribution in [0.2, 0.25) is 0 Å². The number of thiophene rings is 1. The van der Waals surface area contributed by atoms with E-state index in [9.17, 15) is 13.2 Å². The number of sulfonamides is 1. The number of carbonyl (C=O) groups excluding carboxylic acids is 1. The number of amides is 1. The van der Waals surface area contributed by atoms with Gasteiger partial charge in [-0.05, 0) is 49.4 Å². The van der Waals surface area contributed by atoms with Crippen molar-refractivity contribution in [2.45, 2.75) is 42.7 Å². The van der Waals surface area contributed by atoms with Crippen LogP contribution in [0.1, 0.15) is 33.6 Å². The van der Waals surface area contributed by atoms with E-state index in [4.69, 9.17) is 0 Å². The van der Waals surface area contributed by atoms with Gasteiger partial charge >= 0.3 is 0 Å². The highest BCUT2D eigenvalue weighted by molar-refractivity contribution is 7.89. The number of fused-ring (bicyclic) bond motifs is 1. The molecule has 4 rings (SSSR count). The van der Waals surface area contributed by atoms with E-state index in [0.717, 1.165) is 50.1 Å². The summed E-state index contributed by atoms with van der Waals surface area (Å²) in [5, 5.41) is 4.10. The zero-order valence-electron chi connectivity index (χ0n) is 16.8. The number of likely N-dealkylation sites (tertiary alicyclic amines) is 1. The van der Waals surface area contributed by atoms with E-state index in [1.54, 1.807) is 19.5 Å². The van der Waals surface area contributed by atoms with Crippen LogP contribution in [0.5, 0.6) is 0 Å². The van der Waals surface area contributed by atoms with Crippen molar-refractivity contribution in [2.24, 2.45) is 0 Å². The molecule has 1 aromatic carbocycles. The number of hydrogen-bond donors (Lipinski definition) is 1. The number of hydrogen-bond acceptors (Lipinski definition) is 5. The molecule has 1 aliphatic heterocycles. The Labute approximate surface area is 176 Å². The highest BCUT2D eigenvalue weighted by Crippen LogP contribution is 2.30. The minimum atomic E-state index is -3.62. The number of likely N-dealkylation sites (N-methyl/N-ethyl adjacent to an activating group) is 1. The second kappa shape index (κ2) is 8.18. The number of piperidine rings is 1. The Balaban J connectivity index is 1.46. The standard InChI is InChI=1S/C21H27N3O3S2/c1-22-21(25)20-12-19(14-28-20)29(26,27)23(2)17-8-5-9-24(13-17)18-10-15-6-3-4-7-16(15)11-18/h3-4,6-7,12,14,17-18H,5,8-11,13H2,1-2H3,(H,22,25)/t17-/m0/s1. The van der Waals surface area contributed by atoms with Gasteiger partial charge in [0.1, 0.15) is 0 Å². The molecule has 1 N–H and O–H groups in total. The lowest BCUT2D eigenvalue weighted by molar-refractivity contribution is 0.0967. The van der Waals surface area contributed by atoms with Crippen molar-refractivity contribution < 1.29 is 13.2 Å². The molecule has 0 spiro atoms. The average Bonchev–Trinajstić information content (AvgIpc) is 3.40. The number of rotatable bonds is 5. The molecule has 1 saturated heterocycles. The van der Waals surface area contributed by atoms with Crippen molar-refractivity contribution in [3.63, 3.8) is 0 Å². The Kier molecular flexibility index (Phi) is 5.79. The third-order valence-corrected chi connectivity index (χ3v) is 9.16. The SMILES string of the molecule is CNC(=O)c1cc(S(=O)(=O)N(C)[C@H]2CCCN(C3Cc4ccccc4C3)C2)cs1. The van der Waals surface area contributed by atoms with Gasteiger partial charge in [0, 0.05) is 38.1 Å². The molecule has 6 nitrogen and oxygen atoms in total. The fourth-order valence-corrected chi connectivity index (χ4v) is 7.05. The van der Waals surface area contributed by atoms with Crippen LogP contribution in [0.4, 0.5) is 0 Å². The summed E-state index contributed by atoms with van der Waals surface area (Å²) < 4.78 is 27.8. The van der Waals surface area contributed by atoms with Gasteiger partial charge in [-0.1, -0.05) is 24.3 Å². The summed E-state index contributed by atoms with van der Waals surface area (Å²) in [4.78, 5) is 14.9. The third kappa shape index (κ3) is 3.99. The summed E-state index contributed by atoms with van der Waals surface area (Å²) in [5.41, 5.74) is 2.83. The molecule has 8 heteroatoms. The molecule has 1 atom stereocenters. The van der Waals surface area contributed by atoms with Crippen LogP contribution < -0.4 is 5.32 Å². The van der Waals surface area contributed by atoms with E-state index in [0.29, 0.717) is 10.9 Å². The van der Waals surface area contributed by atoms with Gasteiger partial charge in [0.05, 0.1) is 9.77 Å². The summed E-state index contributed by atoms with van der Waals surface area (Å²) >= 11 is 1.16. The highest BCUT2D eigenvalue weighted by atomic mass is 32.2. The van der Waals surface area contributed by atoms with Crippen molar-refractivity contribution in [3.8, 4) is 0 Å². The van der Waals surface area contributed by atoms with Crippen molar-refractivity contribution in [1.29, 1.82) is 0 Å². The van der Waals surface area contributed by atoms with Gasteiger partial charge in [-0.3, -0.25) is 9.69 Å². The summed E-state index contributed by atoms with van der Waals surface area (Å²) in [6.45, 7) is 1.77. The molecule has 0 saturated carbocycles. The van der Waals surface area contributed by atoms with E-state index in [-0.39, 0.29) is 16.8 Å². The van der Waals surface area contributed by atoms with Crippen LogP contribution in [0.15, 0.2) is 40.6 Å². The smallest absolute Gasteiger partial charge is 0.261 e. The third-order valence-electron chi connectivity index (χ3n) is 6.19. The fraction of sp³-hybridized carbons (Fsp3) is 0.476. The maximum absolute atomic E-state index is 13.1. The number of carbonyl (C=O) groups is 1. The van der Waals surface area contributed by atoms with Crippen LogP contribution in [0.25, 0.3) is 0 Å². The van der Waals surface area contributed by atoms with Gasteiger partial charge in [-0.15, -0.1) is 11.3 Å². The second-order valence-corrected chi connectivity index (χ2v) is 10.8. The molecular formula is C21H27N3O3S2. The zero-order valence-corrected chi connectivity index (χ0v) is 18.4. The Bertz CT molecular complexity index is 977. The molecule has 2 heterocycles. The van der Waals surface area contributed by atoms with Gasteiger partial charge in [0.2, 0.25) is 10.0 Å². The maximum Gasteiger partial charge on any atom is 0.261 e. The average molecular weight is 434 g/mol. The lowest BCUT2D eigenvalue weighted by atomic mass is 10.0. The predicted octanol–water partition coefficient (Wildman–Crippen LogP) is 2.36. The number of nitrogens with one attached hydrogen (secondary N) is 1.